The number of aryl methyl sites for hydroxylation is 3. The predicted molar refractivity (Wildman–Crippen MR) is 98.1 cm³/mol. The van der Waals surface area contributed by atoms with Gasteiger partial charge in [0.1, 0.15) is 22.1 Å². The maximum Gasteiger partial charge on any atom is 0.263 e. The molecule has 0 aliphatic carbocycles. The van der Waals surface area contributed by atoms with E-state index in [9.17, 15) is 9.18 Å². The number of aliphatic hydroxyl groups is 1. The number of hydrogen-bond donors (Lipinski definition) is 2. The highest BCUT2D eigenvalue weighted by Crippen LogP contribution is 2.26. The van der Waals surface area contributed by atoms with Crippen molar-refractivity contribution in [1.82, 2.24) is 20.4 Å². The van der Waals surface area contributed by atoms with E-state index in [2.05, 4.69) is 20.4 Å². The summed E-state index contributed by atoms with van der Waals surface area (Å²) in [6.07, 6.45) is 2.36. The summed E-state index contributed by atoms with van der Waals surface area (Å²) in [4.78, 5) is 21.1. The van der Waals surface area contributed by atoms with Crippen molar-refractivity contribution >= 4 is 17.2 Å². The quantitative estimate of drug-likeness (QED) is 0.643. The summed E-state index contributed by atoms with van der Waals surface area (Å²) in [6.45, 7) is 3.70. The van der Waals surface area contributed by atoms with Crippen molar-refractivity contribution < 1.29 is 18.8 Å². The number of nitrogens with zero attached hydrogens (tertiary/aromatic N) is 3. The Morgan fingerprint density at radius 1 is 1.33 bits per heavy atom. The molecule has 0 saturated carbocycles. The third-order valence-electron chi connectivity index (χ3n) is 3.99. The minimum absolute atomic E-state index is 0.108. The third-order valence-corrected chi connectivity index (χ3v) is 5.20. The van der Waals surface area contributed by atoms with E-state index in [4.69, 9.17) is 9.63 Å². The number of nitrogens with one attached hydrogen (secondary N) is 1. The van der Waals surface area contributed by atoms with E-state index in [1.807, 2.05) is 6.92 Å². The summed E-state index contributed by atoms with van der Waals surface area (Å²) >= 11 is 1.33. The number of pyridine rings is 1. The van der Waals surface area contributed by atoms with Gasteiger partial charge in [-0.15, -0.1) is 11.3 Å². The zero-order valence-electron chi connectivity index (χ0n) is 15.0. The van der Waals surface area contributed by atoms with Crippen LogP contribution in [-0.4, -0.2) is 39.3 Å². The maximum absolute atomic E-state index is 13.1. The van der Waals surface area contributed by atoms with Crippen molar-refractivity contribution in [1.29, 1.82) is 0 Å². The van der Waals surface area contributed by atoms with Crippen molar-refractivity contribution in [2.45, 2.75) is 26.7 Å². The monoisotopic (exact) mass is 390 g/mol. The molecule has 9 heteroatoms. The van der Waals surface area contributed by atoms with E-state index in [0.29, 0.717) is 40.6 Å². The van der Waals surface area contributed by atoms with Gasteiger partial charge in [-0.2, -0.15) is 0 Å². The van der Waals surface area contributed by atoms with Crippen molar-refractivity contribution in [2.24, 2.45) is 0 Å². The summed E-state index contributed by atoms with van der Waals surface area (Å²) in [5.41, 5.74) is 2.67. The Morgan fingerprint density at radius 2 is 2.15 bits per heavy atom. The van der Waals surface area contributed by atoms with Crippen LogP contribution in [0.4, 0.5) is 4.39 Å². The number of amides is 1. The van der Waals surface area contributed by atoms with Crippen molar-refractivity contribution in [2.75, 3.05) is 13.2 Å². The molecule has 0 spiro atoms. The Bertz CT molecular complexity index is 937. The fourth-order valence-electron chi connectivity index (χ4n) is 2.65. The Balaban J connectivity index is 1.75. The van der Waals surface area contributed by atoms with Crippen LogP contribution in [0.5, 0.6) is 0 Å². The molecule has 142 valence electrons. The van der Waals surface area contributed by atoms with Gasteiger partial charge in [0.05, 0.1) is 29.2 Å². The molecule has 7 nitrogen and oxygen atoms in total. The summed E-state index contributed by atoms with van der Waals surface area (Å²) in [5, 5.41) is 16.3. The van der Waals surface area contributed by atoms with Crippen LogP contribution in [0, 0.1) is 19.7 Å². The molecule has 2 N–H and O–H groups in total. The Labute approximate surface area is 159 Å². The van der Waals surface area contributed by atoms with E-state index in [0.717, 1.165) is 16.8 Å². The van der Waals surface area contributed by atoms with Crippen LogP contribution in [0.1, 0.15) is 31.7 Å². The Kier molecular flexibility index (Phi) is 5.92. The molecule has 1 amide bonds. The van der Waals surface area contributed by atoms with E-state index in [1.54, 1.807) is 13.0 Å². The normalized spacial score (nSPS) is 11.0. The number of carbonyl (C=O) groups excluding carboxylic acids is 1. The van der Waals surface area contributed by atoms with Gasteiger partial charge in [0.25, 0.3) is 5.91 Å². The third kappa shape index (κ3) is 4.37. The highest BCUT2D eigenvalue weighted by atomic mass is 32.1. The molecule has 0 aromatic carbocycles. The Morgan fingerprint density at radius 3 is 2.85 bits per heavy atom. The lowest BCUT2D eigenvalue weighted by Gasteiger charge is -2.01. The van der Waals surface area contributed by atoms with Gasteiger partial charge in [0.15, 0.2) is 0 Å². The summed E-state index contributed by atoms with van der Waals surface area (Å²) in [7, 11) is 0. The first-order chi connectivity index (χ1) is 13.0. The molecular weight excluding hydrogens is 371 g/mol. The largest absolute Gasteiger partial charge is 0.395 e. The fraction of sp³-hybridized carbons (Fsp3) is 0.333. The van der Waals surface area contributed by atoms with E-state index < -0.39 is 5.82 Å². The second-order valence-electron chi connectivity index (χ2n) is 5.93. The summed E-state index contributed by atoms with van der Waals surface area (Å²) in [6, 6.07) is 2.89. The number of rotatable bonds is 7. The SMILES string of the molecule is Cc1nc(CCc2c(-c3ccc(F)cn3)noc2C)sc1C(=O)NCCO. The van der Waals surface area contributed by atoms with Gasteiger partial charge in [-0.25, -0.2) is 9.37 Å². The molecular formula is C18H19FN4O3S. The van der Waals surface area contributed by atoms with Crippen molar-refractivity contribution in [3.8, 4) is 11.4 Å². The van der Waals surface area contributed by atoms with Crippen molar-refractivity contribution in [3.05, 3.63) is 51.0 Å². The first kappa shape index (κ1) is 19.1. The number of hydrogen-bond acceptors (Lipinski definition) is 7. The van der Waals surface area contributed by atoms with Gasteiger partial charge in [-0.1, -0.05) is 5.16 Å². The number of carbonyl (C=O) groups is 1. The highest BCUT2D eigenvalue weighted by molar-refractivity contribution is 7.13. The van der Waals surface area contributed by atoms with Crippen LogP contribution in [0.3, 0.4) is 0 Å². The van der Waals surface area contributed by atoms with Crippen LogP contribution in [0.25, 0.3) is 11.4 Å². The van der Waals surface area contributed by atoms with Gasteiger partial charge in [-0.05, 0) is 32.4 Å². The van der Waals surface area contributed by atoms with Gasteiger partial charge >= 0.3 is 0 Å². The van der Waals surface area contributed by atoms with Crippen molar-refractivity contribution in [3.63, 3.8) is 0 Å². The lowest BCUT2D eigenvalue weighted by atomic mass is 10.1. The average Bonchev–Trinajstić information content (AvgIpc) is 3.21. The van der Waals surface area contributed by atoms with E-state index >= 15 is 0 Å². The fourth-order valence-corrected chi connectivity index (χ4v) is 3.63. The van der Waals surface area contributed by atoms with Crippen LogP contribution in [-0.2, 0) is 12.8 Å². The first-order valence-corrected chi connectivity index (χ1v) is 9.23. The molecule has 0 radical (unpaired) electrons. The molecule has 27 heavy (non-hydrogen) atoms. The van der Waals surface area contributed by atoms with Gasteiger partial charge in [-0.3, -0.25) is 9.78 Å². The average molecular weight is 390 g/mol. The Hall–Kier alpha value is -2.65. The minimum atomic E-state index is -0.411. The van der Waals surface area contributed by atoms with Crippen LogP contribution < -0.4 is 5.32 Å². The second-order valence-corrected chi connectivity index (χ2v) is 7.01. The lowest BCUT2D eigenvalue weighted by Crippen LogP contribution is -2.26. The zero-order valence-corrected chi connectivity index (χ0v) is 15.8. The lowest BCUT2D eigenvalue weighted by molar-refractivity contribution is 0.0948. The molecule has 0 fully saturated rings. The molecule has 0 saturated heterocycles. The number of aliphatic hydroxyl groups excluding tert-OH is 1. The molecule has 0 unspecified atom stereocenters. The van der Waals surface area contributed by atoms with Crippen LogP contribution in [0.15, 0.2) is 22.9 Å². The van der Waals surface area contributed by atoms with Crippen LogP contribution in [0.2, 0.25) is 0 Å². The summed E-state index contributed by atoms with van der Waals surface area (Å²) < 4.78 is 18.4. The molecule has 3 rings (SSSR count). The highest BCUT2D eigenvalue weighted by Gasteiger charge is 2.18. The molecule has 3 heterocycles. The first-order valence-electron chi connectivity index (χ1n) is 8.42. The van der Waals surface area contributed by atoms with Gasteiger partial charge < -0.3 is 14.9 Å². The molecule has 0 bridgehead atoms. The number of thiazole rings is 1. The summed E-state index contributed by atoms with van der Waals surface area (Å²) in [5.74, 6) is 0.0266. The molecule has 3 aromatic heterocycles. The van der Waals surface area contributed by atoms with E-state index in [1.165, 1.54) is 17.4 Å². The van der Waals surface area contributed by atoms with Gasteiger partial charge in [0.2, 0.25) is 0 Å². The van der Waals surface area contributed by atoms with E-state index in [-0.39, 0.29) is 19.1 Å². The number of halogens is 1. The topological polar surface area (TPSA) is 101 Å². The standard InChI is InChI=1S/C18H19FN4O3S/c1-10-17(18(25)20-7-8-24)27-15(22-10)6-4-13-11(2)26-23-16(13)14-5-3-12(19)9-21-14/h3,5,9,24H,4,6-8H2,1-2H3,(H,20,25). The molecule has 0 aliphatic heterocycles. The van der Waals surface area contributed by atoms with Gasteiger partial charge in [0, 0.05) is 18.5 Å². The zero-order chi connectivity index (χ0) is 19.4. The minimum Gasteiger partial charge on any atom is -0.395 e. The second kappa shape index (κ2) is 8.36. The smallest absolute Gasteiger partial charge is 0.263 e. The van der Waals surface area contributed by atoms with Crippen LogP contribution >= 0.6 is 11.3 Å². The number of aromatic nitrogens is 3. The predicted octanol–water partition coefficient (Wildman–Crippen LogP) is 2.46. The molecule has 3 aromatic rings. The molecule has 0 atom stereocenters. The molecule has 0 aliphatic rings. The maximum atomic E-state index is 13.1.